The van der Waals surface area contributed by atoms with Crippen molar-refractivity contribution in [2.75, 3.05) is 6.54 Å². The number of benzene rings is 1. The monoisotopic (exact) mass is 322 g/mol. The Morgan fingerprint density at radius 3 is 2.43 bits per heavy atom. The molecule has 1 amide bonds. The number of nitro groups is 1. The molecule has 0 aliphatic heterocycles. The zero-order valence-corrected chi connectivity index (χ0v) is 13.6. The second-order valence-corrected chi connectivity index (χ2v) is 6.35. The molecule has 0 aromatic heterocycles. The molecular weight excluding hydrogens is 300 g/mol. The van der Waals surface area contributed by atoms with Crippen LogP contribution in [-0.4, -0.2) is 28.5 Å². The Morgan fingerprint density at radius 2 is 1.91 bits per heavy atom. The molecule has 0 heterocycles. The van der Waals surface area contributed by atoms with E-state index >= 15 is 0 Å². The zero-order valence-electron chi connectivity index (χ0n) is 13.6. The molecule has 0 aliphatic carbocycles. The Hall–Kier alpha value is -2.44. The fraction of sp³-hybridized carbons (Fsp3) is 0.500. The Bertz CT molecular complexity index is 605. The number of carboxylic acids is 1. The van der Waals surface area contributed by atoms with E-state index in [0.717, 1.165) is 0 Å². The van der Waals surface area contributed by atoms with Crippen LogP contribution in [-0.2, 0) is 10.2 Å². The van der Waals surface area contributed by atoms with Crippen LogP contribution in [0.5, 0.6) is 0 Å². The van der Waals surface area contributed by atoms with Gasteiger partial charge in [0.1, 0.15) is 0 Å². The van der Waals surface area contributed by atoms with E-state index in [4.69, 9.17) is 5.11 Å². The summed E-state index contributed by atoms with van der Waals surface area (Å²) in [7, 11) is 0. The third-order valence-electron chi connectivity index (χ3n) is 3.37. The van der Waals surface area contributed by atoms with Crippen molar-refractivity contribution in [2.24, 2.45) is 0 Å². The van der Waals surface area contributed by atoms with Crippen LogP contribution in [0, 0.1) is 10.1 Å². The molecule has 0 radical (unpaired) electrons. The van der Waals surface area contributed by atoms with E-state index in [1.807, 2.05) is 20.8 Å². The molecule has 0 aliphatic rings. The normalized spacial score (nSPS) is 11.1. The van der Waals surface area contributed by atoms with Crippen LogP contribution < -0.4 is 5.32 Å². The minimum atomic E-state index is -0.871. The van der Waals surface area contributed by atoms with Crippen LogP contribution in [0.2, 0.25) is 0 Å². The summed E-state index contributed by atoms with van der Waals surface area (Å²) in [4.78, 5) is 33.2. The first kappa shape index (κ1) is 18.6. The molecule has 0 atom stereocenters. The molecule has 1 aromatic rings. The van der Waals surface area contributed by atoms with Crippen LogP contribution >= 0.6 is 0 Å². The van der Waals surface area contributed by atoms with Gasteiger partial charge in [0.15, 0.2) is 0 Å². The van der Waals surface area contributed by atoms with Crippen molar-refractivity contribution < 1.29 is 19.6 Å². The van der Waals surface area contributed by atoms with Crippen molar-refractivity contribution in [3.8, 4) is 0 Å². The number of amides is 1. The Balaban J connectivity index is 2.77. The van der Waals surface area contributed by atoms with Gasteiger partial charge in [-0.15, -0.1) is 0 Å². The number of carboxylic acid groups (broad SMARTS) is 1. The molecule has 0 spiro atoms. The van der Waals surface area contributed by atoms with Gasteiger partial charge >= 0.3 is 5.97 Å². The highest BCUT2D eigenvalue weighted by atomic mass is 16.6. The van der Waals surface area contributed by atoms with Gasteiger partial charge in [0, 0.05) is 30.2 Å². The molecule has 0 saturated carbocycles. The van der Waals surface area contributed by atoms with Gasteiger partial charge in [-0.25, -0.2) is 0 Å². The van der Waals surface area contributed by atoms with Crippen molar-refractivity contribution >= 4 is 17.6 Å². The van der Waals surface area contributed by atoms with Gasteiger partial charge < -0.3 is 10.4 Å². The molecule has 0 bridgehead atoms. The predicted octanol–water partition coefficient (Wildman–Crippen LogP) is 2.88. The maximum absolute atomic E-state index is 12.0. The molecule has 126 valence electrons. The first-order chi connectivity index (χ1) is 10.6. The average molecular weight is 322 g/mol. The molecule has 0 saturated heterocycles. The number of nitrogens with zero attached hydrogens (tertiary/aromatic N) is 1. The van der Waals surface area contributed by atoms with Crippen molar-refractivity contribution in [2.45, 2.75) is 45.4 Å². The number of nitro benzene ring substituents is 1. The Labute approximate surface area is 134 Å². The van der Waals surface area contributed by atoms with Gasteiger partial charge in [-0.05, 0) is 24.3 Å². The summed E-state index contributed by atoms with van der Waals surface area (Å²) in [6.45, 7) is 5.95. The second-order valence-electron chi connectivity index (χ2n) is 6.35. The third-order valence-corrected chi connectivity index (χ3v) is 3.37. The van der Waals surface area contributed by atoms with Crippen LogP contribution in [0.1, 0.15) is 56.0 Å². The lowest BCUT2D eigenvalue weighted by Gasteiger charge is -2.19. The van der Waals surface area contributed by atoms with Gasteiger partial charge in [-0.1, -0.05) is 26.8 Å². The third kappa shape index (κ3) is 5.69. The van der Waals surface area contributed by atoms with Crippen LogP contribution in [0.4, 0.5) is 5.69 Å². The number of hydrogen-bond acceptors (Lipinski definition) is 4. The first-order valence-electron chi connectivity index (χ1n) is 7.42. The largest absolute Gasteiger partial charge is 0.481 e. The summed E-state index contributed by atoms with van der Waals surface area (Å²) in [5.41, 5.74) is 0.327. The average Bonchev–Trinajstić information content (AvgIpc) is 2.44. The van der Waals surface area contributed by atoms with E-state index in [0.29, 0.717) is 24.9 Å². The molecule has 1 aromatic carbocycles. The molecular formula is C16H22N2O5. The molecule has 7 nitrogen and oxygen atoms in total. The highest BCUT2D eigenvalue weighted by Gasteiger charge is 2.25. The topological polar surface area (TPSA) is 110 Å². The summed E-state index contributed by atoms with van der Waals surface area (Å²) in [5.74, 6) is -1.27. The summed E-state index contributed by atoms with van der Waals surface area (Å²) >= 11 is 0. The summed E-state index contributed by atoms with van der Waals surface area (Å²) < 4.78 is 0. The fourth-order valence-corrected chi connectivity index (χ4v) is 2.16. The maximum Gasteiger partial charge on any atom is 0.303 e. The number of carbonyl (C=O) groups excluding carboxylic acids is 1. The van der Waals surface area contributed by atoms with Gasteiger partial charge in [0.05, 0.1) is 4.92 Å². The lowest BCUT2D eigenvalue weighted by molar-refractivity contribution is -0.386. The Kier molecular flexibility index (Phi) is 6.24. The number of nitrogens with one attached hydrogen (secondary N) is 1. The lowest BCUT2D eigenvalue weighted by atomic mass is 9.85. The van der Waals surface area contributed by atoms with Crippen molar-refractivity contribution in [1.29, 1.82) is 0 Å². The molecule has 23 heavy (non-hydrogen) atoms. The lowest BCUT2D eigenvalue weighted by Crippen LogP contribution is -2.25. The summed E-state index contributed by atoms with van der Waals surface area (Å²) in [6, 6.07) is 4.46. The van der Waals surface area contributed by atoms with E-state index in [9.17, 15) is 19.7 Å². The van der Waals surface area contributed by atoms with Gasteiger partial charge in [0.25, 0.3) is 11.6 Å². The summed E-state index contributed by atoms with van der Waals surface area (Å²) in [6.07, 6.45) is 1.07. The van der Waals surface area contributed by atoms with Crippen molar-refractivity contribution in [3.05, 3.63) is 39.4 Å². The molecule has 7 heteroatoms. The standard InChI is InChI=1S/C16H22N2O5/c1-16(2,3)12-8-7-11(10-13(12)18(22)23)15(21)17-9-5-4-6-14(19)20/h7-8,10H,4-6,9H2,1-3H3,(H,17,21)(H,19,20). The SMILES string of the molecule is CC(C)(C)c1ccc(C(=O)NCCCCC(=O)O)cc1[N+](=O)[O-]. The maximum atomic E-state index is 12.0. The molecule has 1 rings (SSSR count). The van der Waals surface area contributed by atoms with Crippen LogP contribution in [0.3, 0.4) is 0 Å². The first-order valence-corrected chi connectivity index (χ1v) is 7.42. The number of aliphatic carboxylic acids is 1. The molecule has 0 unspecified atom stereocenters. The minimum absolute atomic E-state index is 0.0572. The highest BCUT2D eigenvalue weighted by molar-refractivity contribution is 5.95. The highest BCUT2D eigenvalue weighted by Crippen LogP contribution is 2.31. The van der Waals surface area contributed by atoms with E-state index < -0.39 is 22.2 Å². The number of rotatable bonds is 7. The second kappa shape index (κ2) is 7.71. The smallest absolute Gasteiger partial charge is 0.303 e. The molecule has 2 N–H and O–H groups in total. The predicted molar refractivity (Wildman–Crippen MR) is 85.6 cm³/mol. The Morgan fingerprint density at radius 1 is 1.26 bits per heavy atom. The van der Waals surface area contributed by atoms with E-state index in [-0.39, 0.29) is 17.7 Å². The van der Waals surface area contributed by atoms with E-state index in [1.165, 1.54) is 6.07 Å². The van der Waals surface area contributed by atoms with E-state index in [2.05, 4.69) is 5.32 Å². The van der Waals surface area contributed by atoms with Gasteiger partial charge in [-0.3, -0.25) is 19.7 Å². The van der Waals surface area contributed by atoms with Gasteiger partial charge in [0.2, 0.25) is 0 Å². The van der Waals surface area contributed by atoms with Crippen LogP contribution in [0.15, 0.2) is 18.2 Å². The van der Waals surface area contributed by atoms with Crippen molar-refractivity contribution in [1.82, 2.24) is 5.32 Å². The number of carbonyl (C=O) groups is 2. The van der Waals surface area contributed by atoms with E-state index in [1.54, 1.807) is 12.1 Å². The zero-order chi connectivity index (χ0) is 17.6. The fourth-order valence-electron chi connectivity index (χ4n) is 2.16. The summed E-state index contributed by atoms with van der Waals surface area (Å²) in [5, 5.41) is 22.4. The molecule has 0 fully saturated rings. The quantitative estimate of drug-likeness (QED) is 0.455. The van der Waals surface area contributed by atoms with Crippen molar-refractivity contribution in [3.63, 3.8) is 0 Å². The number of hydrogen-bond donors (Lipinski definition) is 2. The van der Waals surface area contributed by atoms with Gasteiger partial charge in [-0.2, -0.15) is 0 Å². The minimum Gasteiger partial charge on any atom is -0.481 e. The number of unbranched alkanes of at least 4 members (excludes halogenated alkanes) is 1. The van der Waals surface area contributed by atoms with Crippen LogP contribution in [0.25, 0.3) is 0 Å².